The van der Waals surface area contributed by atoms with Crippen LogP contribution in [0, 0.1) is 12.8 Å². The van der Waals surface area contributed by atoms with E-state index < -0.39 is 29.2 Å². The Balaban J connectivity index is 1.88. The summed E-state index contributed by atoms with van der Waals surface area (Å²) in [5, 5.41) is 2.60. The van der Waals surface area contributed by atoms with E-state index in [1.165, 1.54) is 12.4 Å². The zero-order valence-corrected chi connectivity index (χ0v) is 15.8. The molecule has 29 heavy (non-hydrogen) atoms. The predicted molar refractivity (Wildman–Crippen MR) is 98.3 cm³/mol. The number of nitrogens with zero attached hydrogens (tertiary/aromatic N) is 3. The summed E-state index contributed by atoms with van der Waals surface area (Å²) in [6.45, 7) is 2.84. The minimum Gasteiger partial charge on any atom is -0.381 e. The molecule has 0 aromatic carbocycles. The van der Waals surface area contributed by atoms with E-state index in [-0.39, 0.29) is 11.7 Å². The molecular formula is C19H21F3N4O3. The molecule has 1 fully saturated rings. The maximum atomic E-state index is 12.9. The molecule has 2 aromatic heterocycles. The quantitative estimate of drug-likeness (QED) is 0.819. The number of hydrogen-bond acceptors (Lipinski definition) is 5. The number of nitrogens with one attached hydrogen (secondary N) is 1. The molecule has 1 aliphatic rings. The van der Waals surface area contributed by atoms with Gasteiger partial charge < -0.3 is 14.6 Å². The molecule has 1 saturated heterocycles. The van der Waals surface area contributed by atoms with Crippen molar-refractivity contribution in [2.24, 2.45) is 5.92 Å². The van der Waals surface area contributed by atoms with Crippen LogP contribution in [0.15, 0.2) is 35.5 Å². The van der Waals surface area contributed by atoms with Crippen LogP contribution in [-0.2, 0) is 15.7 Å². The first-order valence-corrected chi connectivity index (χ1v) is 9.20. The van der Waals surface area contributed by atoms with E-state index in [4.69, 9.17) is 4.74 Å². The van der Waals surface area contributed by atoms with E-state index in [0.29, 0.717) is 44.2 Å². The van der Waals surface area contributed by atoms with Crippen molar-refractivity contribution >= 4 is 11.7 Å². The lowest BCUT2D eigenvalue weighted by Gasteiger charge is -2.27. The molecule has 0 spiro atoms. The second kappa shape index (κ2) is 8.73. The molecule has 7 nitrogen and oxygen atoms in total. The highest BCUT2D eigenvalue weighted by atomic mass is 19.4. The van der Waals surface area contributed by atoms with Crippen LogP contribution in [-0.4, -0.2) is 33.7 Å². The van der Waals surface area contributed by atoms with Gasteiger partial charge in [-0.25, -0.2) is 4.98 Å². The van der Waals surface area contributed by atoms with E-state index in [1.54, 1.807) is 6.92 Å². The van der Waals surface area contributed by atoms with Crippen molar-refractivity contribution in [3.8, 4) is 0 Å². The van der Waals surface area contributed by atoms with Gasteiger partial charge in [-0.05, 0) is 38.2 Å². The summed E-state index contributed by atoms with van der Waals surface area (Å²) in [6, 6.07) is 0.337. The van der Waals surface area contributed by atoms with E-state index >= 15 is 0 Å². The molecule has 2 aromatic rings. The normalized spacial score (nSPS) is 16.4. The first-order chi connectivity index (χ1) is 13.7. The first-order valence-electron chi connectivity index (χ1n) is 9.20. The number of rotatable bonds is 5. The summed E-state index contributed by atoms with van der Waals surface area (Å²) in [5.41, 5.74) is -1.27. The van der Waals surface area contributed by atoms with Crippen LogP contribution in [0.5, 0.6) is 0 Å². The molecule has 3 rings (SSSR count). The standard InChI is InChI=1S/C19H21F3N4O3/c1-12-10-24-16(11-23-12)25-18(28)15(8-13-3-6-29-7-4-13)26-5-2-14(9-17(26)27)19(20,21)22/h2,5,9-11,13,15H,3-4,6-8H2,1H3,(H,24,25,28)/t15-/m0/s1. The fraction of sp³-hybridized carbons (Fsp3) is 0.474. The van der Waals surface area contributed by atoms with Crippen molar-refractivity contribution < 1.29 is 22.7 Å². The molecule has 0 unspecified atom stereocenters. The Morgan fingerprint density at radius 2 is 2.03 bits per heavy atom. The van der Waals surface area contributed by atoms with Gasteiger partial charge in [0, 0.05) is 25.5 Å². The number of ether oxygens (including phenoxy) is 1. The summed E-state index contributed by atoms with van der Waals surface area (Å²) >= 11 is 0. The van der Waals surface area contributed by atoms with Gasteiger partial charge in [0.2, 0.25) is 5.91 Å². The number of carbonyl (C=O) groups is 1. The molecular weight excluding hydrogens is 389 g/mol. The minimum atomic E-state index is -4.63. The zero-order valence-electron chi connectivity index (χ0n) is 15.8. The number of hydrogen-bond donors (Lipinski definition) is 1. The van der Waals surface area contributed by atoms with Gasteiger partial charge in [0.25, 0.3) is 5.56 Å². The largest absolute Gasteiger partial charge is 0.416 e. The van der Waals surface area contributed by atoms with Gasteiger partial charge in [0.1, 0.15) is 6.04 Å². The maximum absolute atomic E-state index is 12.9. The fourth-order valence-corrected chi connectivity index (χ4v) is 3.23. The highest BCUT2D eigenvalue weighted by molar-refractivity contribution is 5.92. The van der Waals surface area contributed by atoms with Crippen molar-refractivity contribution in [3.63, 3.8) is 0 Å². The lowest BCUT2D eigenvalue weighted by Crippen LogP contribution is -2.35. The summed E-state index contributed by atoms with van der Waals surface area (Å²) in [6.07, 6.45) is 0.984. The molecule has 1 N–H and O–H groups in total. The van der Waals surface area contributed by atoms with Gasteiger partial charge in [0.15, 0.2) is 5.82 Å². The molecule has 156 valence electrons. The average Bonchev–Trinajstić information content (AvgIpc) is 2.68. The number of pyridine rings is 1. The molecule has 0 radical (unpaired) electrons. The van der Waals surface area contributed by atoms with Gasteiger partial charge in [-0.1, -0.05) is 0 Å². The van der Waals surface area contributed by atoms with Gasteiger partial charge in [-0.3, -0.25) is 14.6 Å². The van der Waals surface area contributed by atoms with Crippen LogP contribution in [0.1, 0.15) is 36.6 Å². The number of halogens is 3. The van der Waals surface area contributed by atoms with Gasteiger partial charge >= 0.3 is 6.18 Å². The van der Waals surface area contributed by atoms with E-state index in [9.17, 15) is 22.8 Å². The molecule has 0 saturated carbocycles. The first kappa shape index (κ1) is 21.0. The Bertz CT molecular complexity index is 906. The molecule has 1 aliphatic heterocycles. The summed E-state index contributed by atoms with van der Waals surface area (Å²) in [4.78, 5) is 33.4. The molecule has 0 aliphatic carbocycles. The third-order valence-corrected chi connectivity index (χ3v) is 4.84. The van der Waals surface area contributed by atoms with E-state index in [2.05, 4.69) is 15.3 Å². The summed E-state index contributed by atoms with van der Waals surface area (Å²) in [5.74, 6) is -0.216. The van der Waals surface area contributed by atoms with Crippen LogP contribution in [0.3, 0.4) is 0 Å². The predicted octanol–water partition coefficient (Wildman–Crippen LogP) is 2.96. The maximum Gasteiger partial charge on any atom is 0.416 e. The zero-order chi connectivity index (χ0) is 21.0. The molecule has 3 heterocycles. The molecule has 0 bridgehead atoms. The van der Waals surface area contributed by atoms with Crippen molar-refractivity contribution in [1.29, 1.82) is 0 Å². The molecule has 1 atom stereocenters. The third kappa shape index (κ3) is 5.41. The Kier molecular flexibility index (Phi) is 6.31. The van der Waals surface area contributed by atoms with Crippen molar-refractivity contribution in [2.45, 2.75) is 38.4 Å². The van der Waals surface area contributed by atoms with Crippen molar-refractivity contribution in [1.82, 2.24) is 14.5 Å². The Hall–Kier alpha value is -2.75. The van der Waals surface area contributed by atoms with Gasteiger partial charge in [-0.15, -0.1) is 0 Å². The number of aryl methyl sites for hydroxylation is 1. The van der Waals surface area contributed by atoms with Crippen molar-refractivity contribution in [3.05, 3.63) is 52.3 Å². The van der Waals surface area contributed by atoms with Crippen LogP contribution in [0.2, 0.25) is 0 Å². The van der Waals surface area contributed by atoms with Gasteiger partial charge in [-0.2, -0.15) is 13.2 Å². The number of alkyl halides is 3. The highest BCUT2D eigenvalue weighted by Gasteiger charge is 2.33. The second-order valence-corrected chi connectivity index (χ2v) is 7.00. The topological polar surface area (TPSA) is 86.1 Å². The SMILES string of the molecule is Cc1cnc(NC(=O)[C@H](CC2CCOCC2)n2ccc(C(F)(F)F)cc2=O)cn1. The number of anilines is 1. The Morgan fingerprint density at radius 3 is 2.62 bits per heavy atom. The number of carbonyl (C=O) groups excluding carboxylic acids is 1. The lowest BCUT2D eigenvalue weighted by atomic mass is 9.92. The highest BCUT2D eigenvalue weighted by Crippen LogP contribution is 2.29. The van der Waals surface area contributed by atoms with Crippen LogP contribution in [0.25, 0.3) is 0 Å². The van der Waals surface area contributed by atoms with E-state index in [1.807, 2.05) is 0 Å². The monoisotopic (exact) mass is 410 g/mol. The number of aromatic nitrogens is 3. The van der Waals surface area contributed by atoms with E-state index in [0.717, 1.165) is 16.8 Å². The second-order valence-electron chi connectivity index (χ2n) is 7.00. The number of amides is 1. The Labute approximate surface area is 164 Å². The van der Waals surface area contributed by atoms with Gasteiger partial charge in [0.05, 0.1) is 23.7 Å². The third-order valence-electron chi connectivity index (χ3n) is 4.84. The summed E-state index contributed by atoms with van der Waals surface area (Å²) in [7, 11) is 0. The van der Waals surface area contributed by atoms with Crippen molar-refractivity contribution in [2.75, 3.05) is 18.5 Å². The minimum absolute atomic E-state index is 0.109. The Morgan fingerprint density at radius 1 is 1.31 bits per heavy atom. The van der Waals surface area contributed by atoms with Crippen LogP contribution in [0.4, 0.5) is 19.0 Å². The smallest absolute Gasteiger partial charge is 0.381 e. The van der Waals surface area contributed by atoms with Crippen LogP contribution < -0.4 is 10.9 Å². The fourth-order valence-electron chi connectivity index (χ4n) is 3.23. The van der Waals surface area contributed by atoms with Crippen LogP contribution >= 0.6 is 0 Å². The molecule has 1 amide bonds. The average molecular weight is 410 g/mol. The molecule has 10 heteroatoms. The lowest BCUT2D eigenvalue weighted by molar-refractivity contribution is -0.137. The summed E-state index contributed by atoms with van der Waals surface area (Å²) < 4.78 is 45.0.